The predicted octanol–water partition coefficient (Wildman–Crippen LogP) is 1.28. The van der Waals surface area contributed by atoms with Crippen LogP contribution in [0.4, 0.5) is 0 Å². The molecule has 0 atom stereocenters. The number of esters is 1. The fourth-order valence-corrected chi connectivity index (χ4v) is 0.945. The standard InChI is InChI=1S/C10H10O5/c1-7(11)14-6-15-9-5-3-2-4-8(9)10(12)13/h2-5H,6H2,1H3,(H,12,13). The average molecular weight is 210 g/mol. The van der Waals surface area contributed by atoms with Crippen LogP contribution in [0.25, 0.3) is 0 Å². The number of hydrogen-bond donors (Lipinski definition) is 1. The van der Waals surface area contributed by atoms with Gasteiger partial charge >= 0.3 is 11.9 Å². The fourth-order valence-electron chi connectivity index (χ4n) is 0.945. The Kier molecular flexibility index (Phi) is 3.68. The zero-order chi connectivity index (χ0) is 11.3. The maximum Gasteiger partial charge on any atom is 0.339 e. The molecule has 1 N–H and O–H groups in total. The number of para-hydroxylation sites is 1. The molecule has 0 saturated carbocycles. The summed E-state index contributed by atoms with van der Waals surface area (Å²) in [6.45, 7) is 0.950. The van der Waals surface area contributed by atoms with Crippen LogP contribution in [0.2, 0.25) is 0 Å². The largest absolute Gasteiger partial charge is 0.478 e. The number of carbonyl (C=O) groups excluding carboxylic acids is 1. The van der Waals surface area contributed by atoms with Crippen LogP contribution >= 0.6 is 0 Å². The molecule has 0 saturated heterocycles. The van der Waals surface area contributed by atoms with Crippen molar-refractivity contribution in [3.05, 3.63) is 29.8 Å². The van der Waals surface area contributed by atoms with Crippen LogP contribution in [0.1, 0.15) is 17.3 Å². The lowest BCUT2D eigenvalue weighted by Gasteiger charge is -2.07. The lowest BCUT2D eigenvalue weighted by atomic mass is 10.2. The zero-order valence-corrected chi connectivity index (χ0v) is 8.10. The molecule has 1 aromatic carbocycles. The first-order chi connectivity index (χ1) is 7.11. The van der Waals surface area contributed by atoms with Gasteiger partial charge in [-0.3, -0.25) is 4.79 Å². The van der Waals surface area contributed by atoms with Crippen LogP contribution in [-0.4, -0.2) is 23.8 Å². The topological polar surface area (TPSA) is 72.8 Å². The summed E-state index contributed by atoms with van der Waals surface area (Å²) in [7, 11) is 0. The molecule has 0 amide bonds. The first-order valence-electron chi connectivity index (χ1n) is 4.19. The molecule has 0 heterocycles. The minimum atomic E-state index is -1.09. The summed E-state index contributed by atoms with van der Waals surface area (Å²) in [6.07, 6.45) is 0. The lowest BCUT2D eigenvalue weighted by Crippen LogP contribution is -2.09. The molecule has 0 fully saturated rings. The molecule has 0 unspecified atom stereocenters. The summed E-state index contributed by atoms with van der Waals surface area (Å²) in [5.74, 6) is -1.40. The van der Waals surface area contributed by atoms with Gasteiger partial charge in [-0.2, -0.15) is 0 Å². The molecule has 1 rings (SSSR count). The summed E-state index contributed by atoms with van der Waals surface area (Å²) in [6, 6.07) is 6.12. The second-order valence-electron chi connectivity index (χ2n) is 2.70. The van der Waals surface area contributed by atoms with Gasteiger partial charge in [0, 0.05) is 6.92 Å². The molecule has 1 aromatic rings. The van der Waals surface area contributed by atoms with E-state index in [2.05, 4.69) is 4.74 Å². The number of carboxylic acids is 1. The Morgan fingerprint density at radius 2 is 2.00 bits per heavy atom. The molecule has 0 aliphatic rings. The Bertz CT molecular complexity index is 372. The van der Waals surface area contributed by atoms with Crippen molar-refractivity contribution in [3.63, 3.8) is 0 Å². The van der Waals surface area contributed by atoms with Gasteiger partial charge in [-0.15, -0.1) is 0 Å². The van der Waals surface area contributed by atoms with Crippen LogP contribution in [0, 0.1) is 0 Å². The van der Waals surface area contributed by atoms with Gasteiger partial charge in [0.15, 0.2) is 0 Å². The van der Waals surface area contributed by atoms with Crippen molar-refractivity contribution in [1.29, 1.82) is 0 Å². The SMILES string of the molecule is CC(=O)OCOc1ccccc1C(=O)O. The zero-order valence-electron chi connectivity index (χ0n) is 8.10. The van der Waals surface area contributed by atoms with Crippen LogP contribution in [0.15, 0.2) is 24.3 Å². The summed E-state index contributed by atoms with van der Waals surface area (Å²) in [5.41, 5.74) is 0.0321. The van der Waals surface area contributed by atoms with Crippen molar-refractivity contribution < 1.29 is 24.2 Å². The van der Waals surface area contributed by atoms with Crippen molar-refractivity contribution in [2.45, 2.75) is 6.92 Å². The van der Waals surface area contributed by atoms with E-state index >= 15 is 0 Å². The van der Waals surface area contributed by atoms with Gasteiger partial charge in [0.05, 0.1) is 0 Å². The Morgan fingerprint density at radius 3 is 2.60 bits per heavy atom. The highest BCUT2D eigenvalue weighted by Crippen LogP contribution is 2.17. The van der Waals surface area contributed by atoms with Crippen molar-refractivity contribution in [2.24, 2.45) is 0 Å². The lowest BCUT2D eigenvalue weighted by molar-refractivity contribution is -0.147. The monoisotopic (exact) mass is 210 g/mol. The molecule has 0 bridgehead atoms. The molecule has 0 spiro atoms. The first-order valence-corrected chi connectivity index (χ1v) is 4.19. The van der Waals surface area contributed by atoms with Crippen molar-refractivity contribution in [1.82, 2.24) is 0 Å². The van der Waals surface area contributed by atoms with Gasteiger partial charge in [-0.1, -0.05) is 12.1 Å². The summed E-state index contributed by atoms with van der Waals surface area (Å²) < 4.78 is 9.51. The number of carboxylic acid groups (broad SMARTS) is 1. The number of aromatic carboxylic acids is 1. The maximum atomic E-state index is 10.7. The highest BCUT2D eigenvalue weighted by atomic mass is 16.7. The van der Waals surface area contributed by atoms with E-state index in [1.165, 1.54) is 19.1 Å². The van der Waals surface area contributed by atoms with E-state index in [4.69, 9.17) is 9.84 Å². The summed E-state index contributed by atoms with van der Waals surface area (Å²) in [5, 5.41) is 8.79. The molecule has 0 aromatic heterocycles. The number of carbonyl (C=O) groups is 2. The number of ether oxygens (including phenoxy) is 2. The minimum Gasteiger partial charge on any atom is -0.478 e. The van der Waals surface area contributed by atoms with E-state index in [1.54, 1.807) is 12.1 Å². The van der Waals surface area contributed by atoms with Gasteiger partial charge in [0.1, 0.15) is 11.3 Å². The Labute approximate surface area is 86.2 Å². The van der Waals surface area contributed by atoms with Gasteiger partial charge in [-0.25, -0.2) is 4.79 Å². The van der Waals surface area contributed by atoms with E-state index in [1.807, 2.05) is 0 Å². The van der Waals surface area contributed by atoms with Gasteiger partial charge < -0.3 is 14.6 Å². The smallest absolute Gasteiger partial charge is 0.339 e. The Balaban J connectivity index is 2.67. The van der Waals surface area contributed by atoms with Crippen LogP contribution < -0.4 is 4.74 Å². The number of benzene rings is 1. The summed E-state index contributed by atoms with van der Waals surface area (Å²) in [4.78, 5) is 21.2. The van der Waals surface area contributed by atoms with E-state index in [0.717, 1.165) is 0 Å². The van der Waals surface area contributed by atoms with Gasteiger partial charge in [0.25, 0.3) is 0 Å². The quantitative estimate of drug-likeness (QED) is 0.598. The molecule has 0 radical (unpaired) electrons. The van der Waals surface area contributed by atoms with Crippen molar-refractivity contribution in [3.8, 4) is 5.75 Å². The van der Waals surface area contributed by atoms with Crippen LogP contribution in [0.3, 0.4) is 0 Å². The Morgan fingerprint density at radius 1 is 1.33 bits per heavy atom. The van der Waals surface area contributed by atoms with Gasteiger partial charge in [0.2, 0.25) is 6.79 Å². The molecule has 0 aliphatic carbocycles. The third-order valence-electron chi connectivity index (χ3n) is 1.59. The third kappa shape index (κ3) is 3.30. The molecule has 15 heavy (non-hydrogen) atoms. The normalized spacial score (nSPS) is 9.40. The highest BCUT2D eigenvalue weighted by molar-refractivity contribution is 5.90. The molecule has 5 nitrogen and oxygen atoms in total. The maximum absolute atomic E-state index is 10.7. The van der Waals surface area contributed by atoms with E-state index in [9.17, 15) is 9.59 Å². The molecular formula is C10H10O5. The van der Waals surface area contributed by atoms with E-state index in [-0.39, 0.29) is 18.1 Å². The van der Waals surface area contributed by atoms with Crippen molar-refractivity contribution >= 4 is 11.9 Å². The molecule has 80 valence electrons. The average Bonchev–Trinajstić information content (AvgIpc) is 2.17. The number of rotatable bonds is 4. The summed E-state index contributed by atoms with van der Waals surface area (Å²) >= 11 is 0. The third-order valence-corrected chi connectivity index (χ3v) is 1.59. The second-order valence-corrected chi connectivity index (χ2v) is 2.70. The van der Waals surface area contributed by atoms with Crippen LogP contribution in [-0.2, 0) is 9.53 Å². The Hall–Kier alpha value is -2.04. The van der Waals surface area contributed by atoms with E-state index < -0.39 is 11.9 Å². The minimum absolute atomic E-state index is 0.0321. The number of hydrogen-bond acceptors (Lipinski definition) is 4. The fraction of sp³-hybridized carbons (Fsp3) is 0.200. The molecule has 0 aliphatic heterocycles. The van der Waals surface area contributed by atoms with Gasteiger partial charge in [-0.05, 0) is 12.1 Å². The van der Waals surface area contributed by atoms with Crippen molar-refractivity contribution in [2.75, 3.05) is 6.79 Å². The molecular weight excluding hydrogens is 200 g/mol. The van der Waals surface area contributed by atoms with Crippen LogP contribution in [0.5, 0.6) is 5.75 Å². The van der Waals surface area contributed by atoms with E-state index in [0.29, 0.717) is 0 Å². The predicted molar refractivity (Wildman–Crippen MR) is 50.7 cm³/mol. The second kappa shape index (κ2) is 4.99. The molecule has 5 heteroatoms. The highest BCUT2D eigenvalue weighted by Gasteiger charge is 2.09. The first kappa shape index (κ1) is 11.0.